The van der Waals surface area contributed by atoms with Gasteiger partial charge in [-0.05, 0) is 46.5 Å². The Morgan fingerprint density at radius 2 is 1.93 bits per heavy atom. The summed E-state index contributed by atoms with van der Waals surface area (Å²) in [4.78, 5) is 11.9. The number of hydrogen-bond acceptors (Lipinski definition) is 3. The van der Waals surface area contributed by atoms with E-state index >= 15 is 0 Å². The summed E-state index contributed by atoms with van der Waals surface area (Å²) < 4.78 is 5.39. The van der Waals surface area contributed by atoms with E-state index in [0.29, 0.717) is 0 Å². The Kier molecular flexibility index (Phi) is 3.77. The number of carbonyl (C=O) groups is 1. The molecule has 0 aliphatic heterocycles. The fraction of sp³-hybridized carbons (Fsp3) is 0.917. The fourth-order valence-corrected chi connectivity index (χ4v) is 1.67. The Morgan fingerprint density at radius 3 is 2.33 bits per heavy atom. The molecule has 3 heteroatoms. The molecule has 1 N–H and O–H groups in total. The molecular formula is C12H22O3. The Balaban J connectivity index is 2.38. The smallest absolute Gasteiger partial charge is 0.312 e. The van der Waals surface area contributed by atoms with Gasteiger partial charge in [0.05, 0.1) is 5.41 Å². The molecule has 1 saturated carbocycles. The van der Waals surface area contributed by atoms with Crippen LogP contribution >= 0.6 is 0 Å². The monoisotopic (exact) mass is 214 g/mol. The van der Waals surface area contributed by atoms with Gasteiger partial charge >= 0.3 is 5.97 Å². The molecule has 0 saturated heterocycles. The average Bonchev–Trinajstić information content (AvgIpc) is 2.83. The van der Waals surface area contributed by atoms with E-state index < -0.39 is 0 Å². The molecule has 15 heavy (non-hydrogen) atoms. The molecule has 0 radical (unpaired) electrons. The minimum Gasteiger partial charge on any atom is -0.460 e. The molecule has 0 aromatic rings. The third-order valence-electron chi connectivity index (χ3n) is 2.75. The van der Waals surface area contributed by atoms with Crippen LogP contribution in [0.5, 0.6) is 0 Å². The number of esters is 1. The lowest BCUT2D eigenvalue weighted by atomic mass is 9.99. The molecule has 1 aliphatic rings. The summed E-state index contributed by atoms with van der Waals surface area (Å²) in [6.45, 7) is 5.91. The minimum absolute atomic E-state index is 0.0482. The van der Waals surface area contributed by atoms with Crippen LogP contribution in [-0.4, -0.2) is 23.3 Å². The summed E-state index contributed by atoms with van der Waals surface area (Å²) in [6, 6.07) is 0. The second kappa shape index (κ2) is 4.52. The molecule has 1 rings (SSSR count). The van der Waals surface area contributed by atoms with Crippen molar-refractivity contribution in [1.82, 2.24) is 0 Å². The van der Waals surface area contributed by atoms with Gasteiger partial charge < -0.3 is 9.84 Å². The van der Waals surface area contributed by atoms with Crippen molar-refractivity contribution in [2.24, 2.45) is 5.41 Å². The van der Waals surface area contributed by atoms with Crippen molar-refractivity contribution < 1.29 is 14.6 Å². The zero-order valence-electron chi connectivity index (χ0n) is 10.0. The summed E-state index contributed by atoms with van der Waals surface area (Å²) in [5, 5.41) is 8.69. The predicted octanol–water partition coefficient (Wildman–Crippen LogP) is 2.27. The maximum Gasteiger partial charge on any atom is 0.312 e. The third-order valence-corrected chi connectivity index (χ3v) is 2.75. The van der Waals surface area contributed by atoms with E-state index in [0.717, 1.165) is 32.1 Å². The molecule has 0 bridgehead atoms. The van der Waals surface area contributed by atoms with E-state index in [4.69, 9.17) is 9.84 Å². The molecule has 0 unspecified atom stereocenters. The molecule has 0 atom stereocenters. The molecule has 0 heterocycles. The van der Waals surface area contributed by atoms with Gasteiger partial charge in [0.2, 0.25) is 0 Å². The van der Waals surface area contributed by atoms with E-state index in [9.17, 15) is 4.79 Å². The number of ether oxygens (including phenoxy) is 1. The predicted molar refractivity (Wildman–Crippen MR) is 58.4 cm³/mol. The second-order valence-corrected chi connectivity index (χ2v) is 5.46. The summed E-state index contributed by atoms with van der Waals surface area (Å²) in [5.41, 5.74) is -0.591. The van der Waals surface area contributed by atoms with E-state index in [-0.39, 0.29) is 23.6 Å². The number of hydrogen-bond donors (Lipinski definition) is 1. The lowest BCUT2D eigenvalue weighted by molar-refractivity contribution is -0.162. The largest absolute Gasteiger partial charge is 0.460 e. The summed E-state index contributed by atoms with van der Waals surface area (Å²) in [7, 11) is 0. The minimum atomic E-state index is -0.385. The van der Waals surface area contributed by atoms with Gasteiger partial charge in [0.15, 0.2) is 0 Å². The molecule has 0 aromatic heterocycles. The van der Waals surface area contributed by atoms with Crippen molar-refractivity contribution in [3.63, 3.8) is 0 Å². The van der Waals surface area contributed by atoms with E-state index in [1.807, 2.05) is 20.8 Å². The van der Waals surface area contributed by atoms with Gasteiger partial charge in [-0.15, -0.1) is 0 Å². The zero-order valence-corrected chi connectivity index (χ0v) is 10.0. The maximum absolute atomic E-state index is 11.9. The Bertz CT molecular complexity index is 224. The van der Waals surface area contributed by atoms with Gasteiger partial charge in [-0.1, -0.05) is 6.42 Å². The molecule has 0 aromatic carbocycles. The number of aliphatic hydroxyl groups is 1. The van der Waals surface area contributed by atoms with Crippen LogP contribution in [0.4, 0.5) is 0 Å². The number of aliphatic hydroxyl groups excluding tert-OH is 1. The molecular weight excluding hydrogens is 192 g/mol. The normalized spacial score (nSPS) is 18.7. The Morgan fingerprint density at radius 1 is 1.33 bits per heavy atom. The summed E-state index contributed by atoms with van der Waals surface area (Å²) >= 11 is 0. The SMILES string of the molecule is CC(C)(C)OC(=O)C1(CCCCO)CC1. The highest BCUT2D eigenvalue weighted by Crippen LogP contribution is 2.51. The van der Waals surface area contributed by atoms with Crippen LogP contribution < -0.4 is 0 Å². The first-order valence-electron chi connectivity index (χ1n) is 5.74. The lowest BCUT2D eigenvalue weighted by Gasteiger charge is -2.23. The Labute approximate surface area is 91.8 Å². The zero-order chi connectivity index (χ0) is 11.5. The standard InChI is InChI=1S/C12H22O3/c1-11(2,3)15-10(14)12(7-8-12)6-4-5-9-13/h13H,4-9H2,1-3H3. The highest BCUT2D eigenvalue weighted by atomic mass is 16.6. The van der Waals surface area contributed by atoms with Crippen molar-refractivity contribution in [1.29, 1.82) is 0 Å². The molecule has 1 aliphatic carbocycles. The number of unbranched alkanes of at least 4 members (excludes halogenated alkanes) is 1. The first kappa shape index (κ1) is 12.5. The van der Waals surface area contributed by atoms with Crippen molar-refractivity contribution >= 4 is 5.97 Å². The van der Waals surface area contributed by atoms with Crippen LogP contribution in [0.3, 0.4) is 0 Å². The topological polar surface area (TPSA) is 46.5 Å². The number of carbonyl (C=O) groups excluding carboxylic acids is 1. The summed E-state index contributed by atoms with van der Waals surface area (Å²) in [5.74, 6) is -0.0482. The first-order valence-corrected chi connectivity index (χ1v) is 5.74. The van der Waals surface area contributed by atoms with Gasteiger partial charge in [0, 0.05) is 6.61 Å². The van der Waals surface area contributed by atoms with Gasteiger partial charge in [-0.25, -0.2) is 0 Å². The molecule has 0 spiro atoms. The van der Waals surface area contributed by atoms with Crippen molar-refractivity contribution in [2.75, 3.05) is 6.61 Å². The van der Waals surface area contributed by atoms with Gasteiger partial charge in [0.1, 0.15) is 5.60 Å². The average molecular weight is 214 g/mol. The van der Waals surface area contributed by atoms with Crippen LogP contribution in [0.1, 0.15) is 52.9 Å². The highest BCUT2D eigenvalue weighted by molar-refractivity contribution is 5.80. The maximum atomic E-state index is 11.9. The van der Waals surface area contributed by atoms with E-state index in [1.165, 1.54) is 0 Å². The molecule has 3 nitrogen and oxygen atoms in total. The van der Waals surface area contributed by atoms with Crippen LogP contribution in [0, 0.1) is 5.41 Å². The van der Waals surface area contributed by atoms with Crippen molar-refractivity contribution in [2.45, 2.75) is 58.5 Å². The van der Waals surface area contributed by atoms with Gasteiger partial charge in [-0.3, -0.25) is 4.79 Å². The first-order chi connectivity index (χ1) is 6.90. The molecule has 88 valence electrons. The van der Waals surface area contributed by atoms with Crippen molar-refractivity contribution in [3.05, 3.63) is 0 Å². The molecule has 1 fully saturated rings. The highest BCUT2D eigenvalue weighted by Gasteiger charge is 2.51. The second-order valence-electron chi connectivity index (χ2n) is 5.46. The van der Waals surface area contributed by atoms with Gasteiger partial charge in [-0.2, -0.15) is 0 Å². The Hall–Kier alpha value is -0.570. The van der Waals surface area contributed by atoms with Crippen LogP contribution in [0.15, 0.2) is 0 Å². The lowest BCUT2D eigenvalue weighted by Crippen LogP contribution is -2.29. The van der Waals surface area contributed by atoms with Crippen LogP contribution in [0.25, 0.3) is 0 Å². The fourth-order valence-electron chi connectivity index (χ4n) is 1.67. The van der Waals surface area contributed by atoms with E-state index in [1.54, 1.807) is 0 Å². The van der Waals surface area contributed by atoms with Crippen LogP contribution in [0.2, 0.25) is 0 Å². The van der Waals surface area contributed by atoms with E-state index in [2.05, 4.69) is 0 Å². The third kappa shape index (κ3) is 3.82. The molecule has 0 amide bonds. The van der Waals surface area contributed by atoms with Crippen molar-refractivity contribution in [3.8, 4) is 0 Å². The van der Waals surface area contributed by atoms with Crippen LogP contribution in [-0.2, 0) is 9.53 Å². The quantitative estimate of drug-likeness (QED) is 0.564. The van der Waals surface area contributed by atoms with Gasteiger partial charge in [0.25, 0.3) is 0 Å². The summed E-state index contributed by atoms with van der Waals surface area (Å²) in [6.07, 6.45) is 4.46. The number of rotatable bonds is 5.